The Labute approximate surface area is 90.8 Å². The van der Waals surface area contributed by atoms with Crippen LogP contribution in [0.4, 0.5) is 0 Å². The third kappa shape index (κ3) is 3.51. The van der Waals surface area contributed by atoms with Crippen molar-refractivity contribution in [3.05, 3.63) is 34.9 Å². The third-order valence-electron chi connectivity index (χ3n) is 2.25. The van der Waals surface area contributed by atoms with Crippen LogP contribution in [0.3, 0.4) is 0 Å². The highest BCUT2D eigenvalue weighted by molar-refractivity contribution is 6.30. The van der Waals surface area contributed by atoms with E-state index in [0.29, 0.717) is 6.04 Å². The second kappa shape index (κ2) is 5.82. The van der Waals surface area contributed by atoms with Crippen molar-refractivity contribution in [3.8, 4) is 0 Å². The Morgan fingerprint density at radius 3 is 2.29 bits per heavy atom. The zero-order valence-corrected chi connectivity index (χ0v) is 9.46. The Morgan fingerprint density at radius 2 is 1.79 bits per heavy atom. The highest BCUT2D eigenvalue weighted by Gasteiger charge is 1.97. The molecule has 0 spiro atoms. The molecule has 0 aliphatic rings. The molecule has 0 bridgehead atoms. The van der Waals surface area contributed by atoms with Gasteiger partial charge in [-0.3, -0.25) is 4.99 Å². The van der Waals surface area contributed by atoms with Crippen molar-refractivity contribution in [2.24, 2.45) is 4.99 Å². The van der Waals surface area contributed by atoms with Gasteiger partial charge in [-0.15, -0.1) is 0 Å². The van der Waals surface area contributed by atoms with E-state index in [1.54, 1.807) is 0 Å². The fraction of sp³-hybridized carbons (Fsp3) is 0.417. The van der Waals surface area contributed by atoms with Gasteiger partial charge < -0.3 is 0 Å². The van der Waals surface area contributed by atoms with E-state index >= 15 is 0 Å². The molecule has 0 radical (unpaired) electrons. The molecular formula is C12H16ClN. The molecule has 76 valence electrons. The summed E-state index contributed by atoms with van der Waals surface area (Å²) in [6.07, 6.45) is 4.12. The molecule has 0 unspecified atom stereocenters. The molecule has 0 aliphatic heterocycles. The molecule has 1 rings (SSSR count). The summed E-state index contributed by atoms with van der Waals surface area (Å²) in [6, 6.07) is 8.18. The van der Waals surface area contributed by atoms with Gasteiger partial charge in [0.2, 0.25) is 0 Å². The Balaban J connectivity index is 2.63. The van der Waals surface area contributed by atoms with E-state index in [1.165, 1.54) is 0 Å². The Kier molecular flexibility index (Phi) is 4.68. The van der Waals surface area contributed by atoms with Crippen molar-refractivity contribution < 1.29 is 0 Å². The minimum atomic E-state index is 0.450. The van der Waals surface area contributed by atoms with E-state index in [4.69, 9.17) is 11.6 Å². The lowest BCUT2D eigenvalue weighted by atomic mass is 10.2. The molecule has 0 atom stereocenters. The fourth-order valence-corrected chi connectivity index (χ4v) is 1.37. The topological polar surface area (TPSA) is 12.4 Å². The van der Waals surface area contributed by atoms with E-state index in [-0.39, 0.29) is 0 Å². The lowest BCUT2D eigenvalue weighted by Gasteiger charge is -2.04. The molecule has 0 aliphatic carbocycles. The molecular weight excluding hydrogens is 194 g/mol. The molecule has 1 nitrogen and oxygen atoms in total. The first-order valence-corrected chi connectivity index (χ1v) is 5.42. The Bertz CT molecular complexity index is 286. The van der Waals surface area contributed by atoms with Crippen LogP contribution in [0.5, 0.6) is 0 Å². The first-order chi connectivity index (χ1) is 6.76. The third-order valence-corrected chi connectivity index (χ3v) is 2.50. The molecule has 0 N–H and O–H groups in total. The van der Waals surface area contributed by atoms with E-state index in [9.17, 15) is 0 Å². The van der Waals surface area contributed by atoms with Crippen LogP contribution in [0.25, 0.3) is 0 Å². The summed E-state index contributed by atoms with van der Waals surface area (Å²) in [4.78, 5) is 4.49. The van der Waals surface area contributed by atoms with Gasteiger partial charge in [-0.2, -0.15) is 0 Å². The van der Waals surface area contributed by atoms with Crippen molar-refractivity contribution in [2.75, 3.05) is 0 Å². The Morgan fingerprint density at radius 1 is 1.21 bits per heavy atom. The maximum Gasteiger partial charge on any atom is 0.0494 e. The predicted molar refractivity (Wildman–Crippen MR) is 63.4 cm³/mol. The first kappa shape index (κ1) is 11.3. The minimum absolute atomic E-state index is 0.450. The van der Waals surface area contributed by atoms with Gasteiger partial charge in [-0.05, 0) is 30.5 Å². The van der Waals surface area contributed by atoms with Gasteiger partial charge in [0.1, 0.15) is 0 Å². The second-order valence-electron chi connectivity index (χ2n) is 3.30. The van der Waals surface area contributed by atoms with Gasteiger partial charge in [0.15, 0.2) is 0 Å². The monoisotopic (exact) mass is 209 g/mol. The molecule has 0 amide bonds. The number of benzene rings is 1. The summed E-state index contributed by atoms with van der Waals surface area (Å²) >= 11 is 5.78. The SMILES string of the molecule is CCC(CC)N=Cc1ccc(Cl)cc1. The first-order valence-electron chi connectivity index (χ1n) is 5.05. The van der Waals surface area contributed by atoms with Crippen molar-refractivity contribution in [2.45, 2.75) is 32.7 Å². The molecule has 1 aromatic rings. The second-order valence-corrected chi connectivity index (χ2v) is 3.74. The van der Waals surface area contributed by atoms with Crippen molar-refractivity contribution in [1.29, 1.82) is 0 Å². The van der Waals surface area contributed by atoms with Crippen LogP contribution in [0.15, 0.2) is 29.3 Å². The molecule has 0 aromatic heterocycles. The minimum Gasteiger partial charge on any atom is -0.289 e. The summed E-state index contributed by atoms with van der Waals surface area (Å²) in [5.74, 6) is 0. The average molecular weight is 210 g/mol. The maximum absolute atomic E-state index is 5.78. The summed E-state index contributed by atoms with van der Waals surface area (Å²) < 4.78 is 0. The standard InChI is InChI=1S/C12H16ClN/c1-3-12(4-2)14-9-10-5-7-11(13)8-6-10/h5-9,12H,3-4H2,1-2H3. The number of halogens is 1. The number of aliphatic imine (C=N–C) groups is 1. The van der Waals surface area contributed by atoms with Crippen molar-refractivity contribution >= 4 is 17.8 Å². The maximum atomic E-state index is 5.78. The van der Waals surface area contributed by atoms with Gasteiger partial charge in [-0.1, -0.05) is 37.6 Å². The summed E-state index contributed by atoms with van der Waals surface area (Å²) in [5.41, 5.74) is 1.11. The van der Waals surface area contributed by atoms with Crippen LogP contribution in [-0.2, 0) is 0 Å². The normalized spacial score (nSPS) is 11.4. The van der Waals surface area contributed by atoms with Gasteiger partial charge >= 0.3 is 0 Å². The van der Waals surface area contributed by atoms with Gasteiger partial charge in [0.25, 0.3) is 0 Å². The van der Waals surface area contributed by atoms with Gasteiger partial charge in [-0.25, -0.2) is 0 Å². The highest BCUT2D eigenvalue weighted by atomic mass is 35.5. The van der Waals surface area contributed by atoms with Crippen molar-refractivity contribution in [3.63, 3.8) is 0 Å². The zero-order valence-electron chi connectivity index (χ0n) is 8.70. The van der Waals surface area contributed by atoms with E-state index in [0.717, 1.165) is 23.4 Å². The number of hydrogen-bond donors (Lipinski definition) is 0. The van der Waals surface area contributed by atoms with Crippen LogP contribution in [0, 0.1) is 0 Å². The van der Waals surface area contributed by atoms with Crippen LogP contribution < -0.4 is 0 Å². The van der Waals surface area contributed by atoms with Gasteiger partial charge in [0, 0.05) is 17.3 Å². The largest absolute Gasteiger partial charge is 0.289 e. The van der Waals surface area contributed by atoms with Gasteiger partial charge in [0.05, 0.1) is 0 Å². The molecule has 0 fully saturated rings. The average Bonchev–Trinajstić information content (AvgIpc) is 2.22. The molecule has 2 heteroatoms. The zero-order chi connectivity index (χ0) is 10.4. The van der Waals surface area contributed by atoms with Crippen LogP contribution in [0.1, 0.15) is 32.3 Å². The molecule has 0 heterocycles. The van der Waals surface area contributed by atoms with E-state index < -0.39 is 0 Å². The van der Waals surface area contributed by atoms with Crippen LogP contribution in [0.2, 0.25) is 5.02 Å². The molecule has 0 saturated carbocycles. The highest BCUT2D eigenvalue weighted by Crippen LogP contribution is 2.09. The lowest BCUT2D eigenvalue weighted by molar-refractivity contribution is 0.634. The predicted octanol–water partition coefficient (Wildman–Crippen LogP) is 3.95. The molecule has 1 aromatic carbocycles. The van der Waals surface area contributed by atoms with Crippen LogP contribution >= 0.6 is 11.6 Å². The Hall–Kier alpha value is -0.820. The number of nitrogens with zero attached hydrogens (tertiary/aromatic N) is 1. The summed E-state index contributed by atoms with van der Waals surface area (Å²) in [5, 5.41) is 0.768. The smallest absolute Gasteiger partial charge is 0.0494 e. The quantitative estimate of drug-likeness (QED) is 0.666. The number of rotatable bonds is 4. The lowest BCUT2D eigenvalue weighted by Crippen LogP contribution is -2.00. The fourth-order valence-electron chi connectivity index (χ4n) is 1.24. The summed E-state index contributed by atoms with van der Waals surface area (Å²) in [7, 11) is 0. The summed E-state index contributed by atoms with van der Waals surface area (Å²) in [6.45, 7) is 4.32. The van der Waals surface area contributed by atoms with Crippen molar-refractivity contribution in [1.82, 2.24) is 0 Å². The van der Waals surface area contributed by atoms with Crippen LogP contribution in [-0.4, -0.2) is 12.3 Å². The molecule has 0 saturated heterocycles. The van der Waals surface area contributed by atoms with E-state index in [1.807, 2.05) is 30.5 Å². The number of hydrogen-bond acceptors (Lipinski definition) is 1. The van der Waals surface area contributed by atoms with E-state index in [2.05, 4.69) is 18.8 Å². The molecule has 14 heavy (non-hydrogen) atoms.